The molecule has 0 radical (unpaired) electrons. The number of aliphatic hydroxyl groups is 1. The van der Waals surface area contributed by atoms with Gasteiger partial charge in [0.2, 0.25) is 5.91 Å². The van der Waals surface area contributed by atoms with Crippen LogP contribution in [0.1, 0.15) is 34.1 Å². The molecule has 0 saturated heterocycles. The smallest absolute Gasteiger partial charge is 0.221 e. The highest BCUT2D eigenvalue weighted by Gasteiger charge is 2.12. The second-order valence-electron chi connectivity index (χ2n) is 4.60. The van der Waals surface area contributed by atoms with E-state index in [1.807, 2.05) is 20.8 Å². The fourth-order valence-corrected chi connectivity index (χ4v) is 0.994. The Labute approximate surface area is 86.1 Å². The van der Waals surface area contributed by atoms with E-state index in [4.69, 9.17) is 5.11 Å². The lowest BCUT2D eigenvalue weighted by molar-refractivity contribution is -0.122. The third kappa shape index (κ3) is 9.48. The number of aliphatic hydroxyl groups excluding tert-OH is 1. The van der Waals surface area contributed by atoms with Gasteiger partial charge in [-0.05, 0) is 27.7 Å². The van der Waals surface area contributed by atoms with Gasteiger partial charge >= 0.3 is 0 Å². The Bertz CT molecular complexity index is 173. The van der Waals surface area contributed by atoms with Crippen LogP contribution in [0.5, 0.6) is 0 Å². The summed E-state index contributed by atoms with van der Waals surface area (Å²) in [6.07, 6.45) is 0.0879. The molecule has 0 aromatic heterocycles. The maximum atomic E-state index is 11.3. The van der Waals surface area contributed by atoms with Crippen molar-refractivity contribution in [2.45, 2.75) is 45.8 Å². The Hall–Kier alpha value is -0.610. The van der Waals surface area contributed by atoms with Crippen LogP contribution in [0.4, 0.5) is 0 Å². The lowest BCUT2D eigenvalue weighted by atomic mass is 10.1. The van der Waals surface area contributed by atoms with Gasteiger partial charge in [-0.2, -0.15) is 0 Å². The molecule has 0 aliphatic heterocycles. The number of carbonyl (C=O) groups is 1. The van der Waals surface area contributed by atoms with E-state index in [1.165, 1.54) is 0 Å². The van der Waals surface area contributed by atoms with E-state index >= 15 is 0 Å². The van der Waals surface area contributed by atoms with Gasteiger partial charge in [-0.25, -0.2) is 0 Å². The van der Waals surface area contributed by atoms with Gasteiger partial charge in [0.05, 0.1) is 6.10 Å². The molecule has 0 aliphatic rings. The molecule has 0 fully saturated rings. The molecular weight excluding hydrogens is 180 g/mol. The number of hydrogen-bond acceptors (Lipinski definition) is 3. The Morgan fingerprint density at radius 3 is 2.43 bits per heavy atom. The highest BCUT2D eigenvalue weighted by atomic mass is 16.3. The SMILES string of the molecule is CC(O)CNCCC(=O)NC(C)(C)C. The van der Waals surface area contributed by atoms with Crippen molar-refractivity contribution in [3.63, 3.8) is 0 Å². The third-order valence-corrected chi connectivity index (χ3v) is 1.48. The molecule has 4 nitrogen and oxygen atoms in total. The average molecular weight is 202 g/mol. The third-order valence-electron chi connectivity index (χ3n) is 1.48. The van der Waals surface area contributed by atoms with E-state index in [-0.39, 0.29) is 17.6 Å². The molecule has 0 saturated carbocycles. The predicted molar refractivity (Wildman–Crippen MR) is 57.1 cm³/mol. The monoisotopic (exact) mass is 202 g/mol. The van der Waals surface area contributed by atoms with Crippen LogP contribution in [-0.2, 0) is 4.79 Å². The lowest BCUT2D eigenvalue weighted by Gasteiger charge is -2.20. The van der Waals surface area contributed by atoms with Crippen molar-refractivity contribution in [3.05, 3.63) is 0 Å². The molecule has 0 heterocycles. The van der Waals surface area contributed by atoms with E-state index < -0.39 is 0 Å². The Kier molecular flexibility index (Phi) is 5.72. The first kappa shape index (κ1) is 13.4. The van der Waals surface area contributed by atoms with E-state index in [1.54, 1.807) is 6.92 Å². The normalized spacial score (nSPS) is 13.8. The van der Waals surface area contributed by atoms with Crippen molar-refractivity contribution < 1.29 is 9.90 Å². The standard InChI is InChI=1S/C10H22N2O2/c1-8(13)7-11-6-5-9(14)12-10(2,3)4/h8,11,13H,5-7H2,1-4H3,(H,12,14). The van der Waals surface area contributed by atoms with Gasteiger partial charge < -0.3 is 15.7 Å². The fraction of sp³-hybridized carbons (Fsp3) is 0.900. The predicted octanol–water partition coefficient (Wildman–Crippen LogP) is 0.262. The van der Waals surface area contributed by atoms with Crippen molar-refractivity contribution in [3.8, 4) is 0 Å². The van der Waals surface area contributed by atoms with Gasteiger partial charge in [-0.3, -0.25) is 4.79 Å². The molecule has 0 rings (SSSR count). The number of rotatable bonds is 5. The van der Waals surface area contributed by atoms with E-state index in [2.05, 4.69) is 10.6 Å². The van der Waals surface area contributed by atoms with E-state index in [0.29, 0.717) is 19.5 Å². The summed E-state index contributed by atoms with van der Waals surface area (Å²) in [6.45, 7) is 8.70. The fourth-order valence-electron chi connectivity index (χ4n) is 0.994. The molecule has 0 aliphatic carbocycles. The van der Waals surface area contributed by atoms with Gasteiger partial charge in [-0.15, -0.1) is 0 Å². The number of amides is 1. The topological polar surface area (TPSA) is 61.4 Å². The summed E-state index contributed by atoms with van der Waals surface area (Å²) >= 11 is 0. The van der Waals surface area contributed by atoms with Crippen LogP contribution in [-0.4, -0.2) is 35.7 Å². The number of nitrogens with one attached hydrogen (secondary N) is 2. The van der Waals surface area contributed by atoms with Crippen LogP contribution in [0.25, 0.3) is 0 Å². The van der Waals surface area contributed by atoms with Crippen LogP contribution in [0.3, 0.4) is 0 Å². The van der Waals surface area contributed by atoms with Gasteiger partial charge in [0.25, 0.3) is 0 Å². The number of carbonyl (C=O) groups excluding carboxylic acids is 1. The molecule has 1 atom stereocenters. The van der Waals surface area contributed by atoms with Crippen molar-refractivity contribution in [1.82, 2.24) is 10.6 Å². The molecule has 14 heavy (non-hydrogen) atoms. The maximum Gasteiger partial charge on any atom is 0.221 e. The Balaban J connectivity index is 3.46. The first-order valence-corrected chi connectivity index (χ1v) is 5.01. The molecular formula is C10H22N2O2. The summed E-state index contributed by atoms with van der Waals surface area (Å²) in [5, 5.41) is 14.8. The van der Waals surface area contributed by atoms with Crippen LogP contribution < -0.4 is 10.6 Å². The zero-order chi connectivity index (χ0) is 11.2. The molecule has 84 valence electrons. The van der Waals surface area contributed by atoms with Crippen molar-refractivity contribution >= 4 is 5.91 Å². The summed E-state index contributed by atoms with van der Waals surface area (Å²) in [7, 11) is 0. The second-order valence-corrected chi connectivity index (χ2v) is 4.60. The van der Waals surface area contributed by atoms with Gasteiger partial charge in [0.15, 0.2) is 0 Å². The molecule has 4 heteroatoms. The maximum absolute atomic E-state index is 11.3. The molecule has 0 bridgehead atoms. The Morgan fingerprint density at radius 2 is 2.00 bits per heavy atom. The number of hydrogen-bond donors (Lipinski definition) is 3. The van der Waals surface area contributed by atoms with Crippen molar-refractivity contribution in [1.29, 1.82) is 0 Å². The van der Waals surface area contributed by atoms with Gasteiger partial charge in [0.1, 0.15) is 0 Å². The van der Waals surface area contributed by atoms with Crippen molar-refractivity contribution in [2.24, 2.45) is 0 Å². The molecule has 0 spiro atoms. The lowest BCUT2D eigenvalue weighted by Crippen LogP contribution is -2.41. The zero-order valence-electron chi connectivity index (χ0n) is 9.55. The van der Waals surface area contributed by atoms with Gasteiger partial charge in [-0.1, -0.05) is 0 Å². The quantitative estimate of drug-likeness (QED) is 0.560. The first-order valence-electron chi connectivity index (χ1n) is 5.01. The molecule has 0 aromatic carbocycles. The highest BCUT2D eigenvalue weighted by molar-refractivity contribution is 5.76. The molecule has 1 amide bonds. The minimum absolute atomic E-state index is 0.0376. The minimum Gasteiger partial charge on any atom is -0.392 e. The second kappa shape index (κ2) is 5.98. The summed E-state index contributed by atoms with van der Waals surface area (Å²) in [5.41, 5.74) is -0.165. The van der Waals surface area contributed by atoms with Crippen LogP contribution >= 0.6 is 0 Å². The van der Waals surface area contributed by atoms with Crippen LogP contribution in [0.2, 0.25) is 0 Å². The summed E-state index contributed by atoms with van der Waals surface area (Å²) in [5.74, 6) is 0.0376. The minimum atomic E-state index is -0.360. The Morgan fingerprint density at radius 1 is 1.43 bits per heavy atom. The molecule has 0 aromatic rings. The van der Waals surface area contributed by atoms with Crippen molar-refractivity contribution in [2.75, 3.05) is 13.1 Å². The first-order chi connectivity index (χ1) is 6.31. The summed E-state index contributed by atoms with van der Waals surface area (Å²) in [4.78, 5) is 11.3. The zero-order valence-corrected chi connectivity index (χ0v) is 9.55. The van der Waals surface area contributed by atoms with Crippen LogP contribution in [0, 0.1) is 0 Å². The largest absolute Gasteiger partial charge is 0.392 e. The van der Waals surface area contributed by atoms with Crippen LogP contribution in [0.15, 0.2) is 0 Å². The average Bonchev–Trinajstić information content (AvgIpc) is 1.94. The van der Waals surface area contributed by atoms with E-state index in [9.17, 15) is 4.79 Å². The highest BCUT2D eigenvalue weighted by Crippen LogP contribution is 1.98. The summed E-state index contributed by atoms with van der Waals surface area (Å²) < 4.78 is 0. The van der Waals surface area contributed by atoms with Gasteiger partial charge in [0, 0.05) is 25.0 Å². The summed E-state index contributed by atoms with van der Waals surface area (Å²) in [6, 6.07) is 0. The molecule has 1 unspecified atom stereocenters. The van der Waals surface area contributed by atoms with E-state index in [0.717, 1.165) is 0 Å². The molecule has 3 N–H and O–H groups in total.